The van der Waals surface area contributed by atoms with E-state index in [9.17, 15) is 19.5 Å². The number of carbonyl (C=O) groups is 3. The van der Waals surface area contributed by atoms with Crippen LogP contribution >= 0.6 is 11.8 Å². The Bertz CT molecular complexity index is 591. The summed E-state index contributed by atoms with van der Waals surface area (Å²) in [6.07, 6.45) is 0.272. The maximum absolute atomic E-state index is 12.5. The second kappa shape index (κ2) is 8.24. The molecule has 0 bridgehead atoms. The number of hydrogen-bond donors (Lipinski definition) is 1. The van der Waals surface area contributed by atoms with Crippen molar-refractivity contribution in [2.24, 2.45) is 5.92 Å². The molecule has 3 atom stereocenters. The number of thioether (sulfide) groups is 1. The number of fused-ring (bicyclic) bond motifs is 1. The molecule has 0 spiro atoms. The monoisotopic (exact) mass is 403 g/mol. The largest absolute Gasteiger partial charge is 0.508 e. The molecule has 0 saturated carbocycles. The van der Waals surface area contributed by atoms with Gasteiger partial charge >= 0.3 is 12.1 Å². The summed E-state index contributed by atoms with van der Waals surface area (Å²) in [5.74, 6) is -1.24. The van der Waals surface area contributed by atoms with Gasteiger partial charge in [-0.2, -0.15) is 0 Å². The minimum Gasteiger partial charge on any atom is -0.460 e. The topological polar surface area (TPSA) is 112 Å². The predicted octanol–water partition coefficient (Wildman–Crippen LogP) is 0.533. The Labute approximate surface area is 161 Å². The molecule has 152 valence electrons. The van der Waals surface area contributed by atoms with Crippen molar-refractivity contribution in [1.29, 1.82) is 0 Å². The van der Waals surface area contributed by atoms with Gasteiger partial charge in [0.1, 0.15) is 25.4 Å². The molecule has 9 nitrogen and oxygen atoms in total. The van der Waals surface area contributed by atoms with Crippen molar-refractivity contribution >= 4 is 29.8 Å². The Balaban J connectivity index is 1.41. The summed E-state index contributed by atoms with van der Waals surface area (Å²) in [6, 6.07) is -0.725. The zero-order valence-corrected chi connectivity index (χ0v) is 16.2. The van der Waals surface area contributed by atoms with Crippen LogP contribution < -0.4 is 0 Å². The van der Waals surface area contributed by atoms with Gasteiger partial charge in [0.25, 0.3) is 0 Å². The molecule has 3 unspecified atom stereocenters. The van der Waals surface area contributed by atoms with E-state index in [1.807, 2.05) is 13.8 Å². The Kier molecular flexibility index (Phi) is 6.17. The standard InChI is InChI=1S/C17H25NO8S/c1-17(2)12(18-13(20)11(9-19)14(18)27-17)15(21)24-7-8-25-16(22)26-10-3-5-23-6-4-10/h10-12,14,19H,3-9H2,1-2H3. The van der Waals surface area contributed by atoms with Crippen LogP contribution in [0.4, 0.5) is 4.79 Å². The lowest BCUT2D eigenvalue weighted by molar-refractivity contribution is -0.168. The summed E-state index contributed by atoms with van der Waals surface area (Å²) in [5.41, 5.74) is 0. The maximum atomic E-state index is 12.5. The second-order valence-electron chi connectivity index (χ2n) is 7.24. The van der Waals surface area contributed by atoms with Gasteiger partial charge in [-0.25, -0.2) is 9.59 Å². The fraction of sp³-hybridized carbons (Fsp3) is 0.824. The summed E-state index contributed by atoms with van der Waals surface area (Å²) in [6.45, 7) is 4.38. The highest BCUT2D eigenvalue weighted by atomic mass is 32.2. The van der Waals surface area contributed by atoms with E-state index in [4.69, 9.17) is 18.9 Å². The summed E-state index contributed by atoms with van der Waals surface area (Å²) in [7, 11) is 0. The van der Waals surface area contributed by atoms with E-state index in [2.05, 4.69) is 0 Å². The molecule has 0 aliphatic carbocycles. The Hall–Kier alpha value is -1.52. The lowest BCUT2D eigenvalue weighted by Gasteiger charge is -2.43. The van der Waals surface area contributed by atoms with Crippen LogP contribution in [0.25, 0.3) is 0 Å². The van der Waals surface area contributed by atoms with E-state index >= 15 is 0 Å². The van der Waals surface area contributed by atoms with Crippen LogP contribution in [0.1, 0.15) is 26.7 Å². The first-order valence-corrected chi connectivity index (χ1v) is 9.91. The van der Waals surface area contributed by atoms with Crippen molar-refractivity contribution in [1.82, 2.24) is 4.90 Å². The smallest absolute Gasteiger partial charge is 0.460 e. The Morgan fingerprint density at radius 2 is 1.93 bits per heavy atom. The van der Waals surface area contributed by atoms with Gasteiger partial charge in [-0.1, -0.05) is 0 Å². The highest BCUT2D eigenvalue weighted by molar-refractivity contribution is 8.01. The predicted molar refractivity (Wildman–Crippen MR) is 93.9 cm³/mol. The first-order chi connectivity index (χ1) is 12.8. The molecule has 3 heterocycles. The first kappa shape index (κ1) is 20.2. The third-order valence-electron chi connectivity index (χ3n) is 4.95. The van der Waals surface area contributed by atoms with E-state index in [1.54, 1.807) is 0 Å². The van der Waals surface area contributed by atoms with Crippen molar-refractivity contribution in [2.45, 2.75) is 49.0 Å². The van der Waals surface area contributed by atoms with E-state index in [-0.39, 0.29) is 37.2 Å². The number of hydrogen-bond acceptors (Lipinski definition) is 9. The summed E-state index contributed by atoms with van der Waals surface area (Å²) in [4.78, 5) is 37.7. The van der Waals surface area contributed by atoms with E-state index in [0.717, 1.165) is 0 Å². The third kappa shape index (κ3) is 4.17. The molecule has 3 aliphatic heterocycles. The molecular formula is C17H25NO8S. The molecule has 0 radical (unpaired) electrons. The second-order valence-corrected chi connectivity index (χ2v) is 9.02. The van der Waals surface area contributed by atoms with Crippen LogP contribution in [0.2, 0.25) is 0 Å². The van der Waals surface area contributed by atoms with Crippen molar-refractivity contribution in [3.8, 4) is 0 Å². The quantitative estimate of drug-likeness (QED) is 0.386. The zero-order chi connectivity index (χ0) is 19.6. The van der Waals surface area contributed by atoms with Gasteiger partial charge < -0.3 is 29.0 Å². The molecule has 1 amide bonds. The summed E-state index contributed by atoms with van der Waals surface area (Å²) < 4.78 is 19.9. The fourth-order valence-corrected chi connectivity index (χ4v) is 5.22. The number of ether oxygens (including phenoxy) is 4. The normalized spacial score (nSPS) is 29.7. The molecule has 0 aromatic heterocycles. The SMILES string of the molecule is CC1(C)SC2C(CO)C(=O)N2C1C(=O)OCCOC(=O)OC1CCOCC1. The molecule has 1 N–H and O–H groups in total. The van der Waals surface area contributed by atoms with Crippen LogP contribution in [0, 0.1) is 5.92 Å². The molecule has 3 aliphatic rings. The highest BCUT2D eigenvalue weighted by Crippen LogP contribution is 2.53. The molecule has 10 heteroatoms. The van der Waals surface area contributed by atoms with Crippen LogP contribution in [0.5, 0.6) is 0 Å². The number of nitrogens with zero attached hydrogens (tertiary/aromatic N) is 1. The Morgan fingerprint density at radius 3 is 2.59 bits per heavy atom. The maximum Gasteiger partial charge on any atom is 0.508 e. The average molecular weight is 403 g/mol. The average Bonchev–Trinajstić information content (AvgIpc) is 2.87. The molecule has 0 aromatic rings. The van der Waals surface area contributed by atoms with Gasteiger partial charge in [0.05, 0.1) is 31.1 Å². The number of carbonyl (C=O) groups excluding carboxylic acids is 3. The number of rotatable bonds is 6. The van der Waals surface area contributed by atoms with Gasteiger partial charge in [0.15, 0.2) is 0 Å². The number of aliphatic hydroxyl groups excluding tert-OH is 1. The molecule has 3 rings (SSSR count). The van der Waals surface area contributed by atoms with Crippen molar-refractivity contribution in [2.75, 3.05) is 33.0 Å². The van der Waals surface area contributed by atoms with Crippen molar-refractivity contribution in [3.05, 3.63) is 0 Å². The molecular weight excluding hydrogens is 378 g/mol. The molecule has 0 aromatic carbocycles. The van der Waals surface area contributed by atoms with Gasteiger partial charge in [-0.15, -0.1) is 11.8 Å². The lowest BCUT2D eigenvalue weighted by atomic mass is 9.92. The van der Waals surface area contributed by atoms with E-state index in [0.29, 0.717) is 26.1 Å². The molecule has 3 fully saturated rings. The minimum absolute atomic E-state index is 0.116. The van der Waals surface area contributed by atoms with Crippen LogP contribution in [0.3, 0.4) is 0 Å². The summed E-state index contributed by atoms with van der Waals surface area (Å²) >= 11 is 1.48. The van der Waals surface area contributed by atoms with Crippen LogP contribution in [0.15, 0.2) is 0 Å². The highest BCUT2D eigenvalue weighted by Gasteiger charge is 2.63. The zero-order valence-electron chi connectivity index (χ0n) is 15.4. The molecule has 3 saturated heterocycles. The number of amides is 1. The number of β-lactam (4-membered cyclic amide) rings is 1. The minimum atomic E-state index is -0.793. The third-order valence-corrected chi connectivity index (χ3v) is 6.58. The Morgan fingerprint density at radius 1 is 1.26 bits per heavy atom. The van der Waals surface area contributed by atoms with Crippen LogP contribution in [-0.4, -0.2) is 83.3 Å². The van der Waals surface area contributed by atoms with E-state index < -0.39 is 28.8 Å². The van der Waals surface area contributed by atoms with Crippen LogP contribution in [-0.2, 0) is 28.5 Å². The molecule has 27 heavy (non-hydrogen) atoms. The fourth-order valence-electron chi connectivity index (χ4n) is 3.55. The van der Waals surface area contributed by atoms with E-state index in [1.165, 1.54) is 16.7 Å². The first-order valence-electron chi connectivity index (χ1n) is 9.04. The van der Waals surface area contributed by atoms with Gasteiger partial charge in [-0.3, -0.25) is 4.79 Å². The lowest BCUT2D eigenvalue weighted by Crippen LogP contribution is -2.63. The summed E-state index contributed by atoms with van der Waals surface area (Å²) in [5, 5.41) is 9.09. The van der Waals surface area contributed by atoms with Crippen molar-refractivity contribution in [3.63, 3.8) is 0 Å². The van der Waals surface area contributed by atoms with Gasteiger partial charge in [-0.05, 0) is 13.8 Å². The van der Waals surface area contributed by atoms with Crippen molar-refractivity contribution < 1.29 is 38.4 Å². The van der Waals surface area contributed by atoms with Gasteiger partial charge in [0, 0.05) is 17.6 Å². The van der Waals surface area contributed by atoms with Gasteiger partial charge in [0.2, 0.25) is 5.91 Å². The number of esters is 1. The number of aliphatic hydroxyl groups is 1.